The van der Waals surface area contributed by atoms with E-state index >= 15 is 0 Å². The first-order valence-electron chi connectivity index (χ1n) is 6.03. The van der Waals surface area contributed by atoms with Crippen molar-refractivity contribution in [3.63, 3.8) is 0 Å². The maximum atomic E-state index is 6.20. The Kier molecular flexibility index (Phi) is 2.32. The quantitative estimate of drug-likeness (QED) is 0.762. The molecule has 1 saturated heterocycles. The number of aryl methyl sites for hydroxylation is 1. The molecular formula is C12H18N4. The number of anilines is 1. The van der Waals surface area contributed by atoms with Gasteiger partial charge in [0, 0.05) is 30.9 Å². The largest absolute Gasteiger partial charge is 0.356 e. The molecule has 1 aliphatic heterocycles. The Morgan fingerprint density at radius 3 is 2.56 bits per heavy atom. The Bertz CT molecular complexity index is 378. The number of fused-ring (bicyclic) bond motifs is 2. The van der Waals surface area contributed by atoms with E-state index in [1.165, 1.54) is 12.8 Å². The van der Waals surface area contributed by atoms with E-state index in [1.807, 2.05) is 6.92 Å². The van der Waals surface area contributed by atoms with Crippen LogP contribution in [0.4, 0.5) is 5.82 Å². The third-order valence-electron chi connectivity index (χ3n) is 4.02. The van der Waals surface area contributed by atoms with E-state index in [9.17, 15) is 0 Å². The third kappa shape index (κ3) is 1.57. The molecule has 2 unspecified atom stereocenters. The predicted molar refractivity (Wildman–Crippen MR) is 63.2 cm³/mol. The normalized spacial score (nSPS) is 33.1. The molecule has 1 aromatic heterocycles. The Labute approximate surface area is 95.9 Å². The molecule has 1 aliphatic carbocycles. The highest BCUT2D eigenvalue weighted by Crippen LogP contribution is 2.36. The number of hydrogen-bond donors (Lipinski definition) is 1. The van der Waals surface area contributed by atoms with Crippen molar-refractivity contribution in [1.82, 2.24) is 9.97 Å². The fourth-order valence-corrected chi connectivity index (χ4v) is 3.07. The molecule has 4 heteroatoms. The molecule has 1 aromatic rings. The van der Waals surface area contributed by atoms with Gasteiger partial charge in [-0.15, -0.1) is 0 Å². The van der Waals surface area contributed by atoms with Crippen LogP contribution in [0.25, 0.3) is 0 Å². The molecule has 0 radical (unpaired) electrons. The molecule has 3 atom stereocenters. The van der Waals surface area contributed by atoms with Crippen LogP contribution >= 0.6 is 0 Å². The van der Waals surface area contributed by atoms with Gasteiger partial charge in [-0.2, -0.15) is 0 Å². The van der Waals surface area contributed by atoms with Crippen LogP contribution in [0.5, 0.6) is 0 Å². The summed E-state index contributed by atoms with van der Waals surface area (Å²) < 4.78 is 0. The van der Waals surface area contributed by atoms with E-state index in [1.54, 1.807) is 6.33 Å². The van der Waals surface area contributed by atoms with Crippen LogP contribution in [0.2, 0.25) is 0 Å². The van der Waals surface area contributed by atoms with Crippen LogP contribution in [0, 0.1) is 18.8 Å². The molecule has 0 aromatic carbocycles. The zero-order valence-corrected chi connectivity index (χ0v) is 9.63. The second kappa shape index (κ2) is 3.70. The standard InChI is InChI=1S/C12H18N4/c1-8-4-11(15-7-14-8)16-5-9-2-3-10(6-16)12(9)13/h4,7,9-10,12H,2-3,5-6,13H2,1H3/t9-,10?,12?/m0/s1. The van der Waals surface area contributed by atoms with Gasteiger partial charge in [0.1, 0.15) is 12.1 Å². The number of piperidine rings is 1. The average molecular weight is 218 g/mol. The first kappa shape index (κ1) is 10.0. The molecule has 2 heterocycles. The minimum Gasteiger partial charge on any atom is -0.356 e. The lowest BCUT2D eigenvalue weighted by Gasteiger charge is -2.36. The molecule has 2 fully saturated rings. The van der Waals surface area contributed by atoms with Crippen LogP contribution in [-0.4, -0.2) is 29.1 Å². The summed E-state index contributed by atoms with van der Waals surface area (Å²) in [4.78, 5) is 10.9. The number of nitrogens with zero attached hydrogens (tertiary/aromatic N) is 3. The zero-order chi connectivity index (χ0) is 11.1. The number of nitrogens with two attached hydrogens (primary N) is 1. The van der Waals surface area contributed by atoms with Crippen LogP contribution in [-0.2, 0) is 0 Å². The van der Waals surface area contributed by atoms with Gasteiger partial charge in [0.2, 0.25) is 0 Å². The van der Waals surface area contributed by atoms with Crippen molar-refractivity contribution in [1.29, 1.82) is 0 Å². The van der Waals surface area contributed by atoms with E-state index in [0.717, 1.165) is 24.6 Å². The van der Waals surface area contributed by atoms with Crippen molar-refractivity contribution in [2.24, 2.45) is 17.6 Å². The zero-order valence-electron chi connectivity index (χ0n) is 9.63. The second-order valence-corrected chi connectivity index (χ2v) is 5.10. The maximum Gasteiger partial charge on any atom is 0.132 e. The van der Waals surface area contributed by atoms with Crippen LogP contribution in [0.15, 0.2) is 12.4 Å². The van der Waals surface area contributed by atoms with Gasteiger partial charge in [-0.1, -0.05) is 0 Å². The maximum absolute atomic E-state index is 6.20. The molecule has 1 saturated carbocycles. The molecule has 86 valence electrons. The van der Waals surface area contributed by atoms with Crippen molar-refractivity contribution in [3.05, 3.63) is 18.1 Å². The first-order valence-corrected chi connectivity index (χ1v) is 6.03. The van der Waals surface area contributed by atoms with Crippen molar-refractivity contribution in [3.8, 4) is 0 Å². The van der Waals surface area contributed by atoms with E-state index < -0.39 is 0 Å². The summed E-state index contributed by atoms with van der Waals surface area (Å²) in [7, 11) is 0. The highest BCUT2D eigenvalue weighted by Gasteiger charge is 2.40. The van der Waals surface area contributed by atoms with Gasteiger partial charge in [-0.05, 0) is 31.6 Å². The van der Waals surface area contributed by atoms with Gasteiger partial charge >= 0.3 is 0 Å². The lowest BCUT2D eigenvalue weighted by Crippen LogP contribution is -2.49. The summed E-state index contributed by atoms with van der Waals surface area (Å²) in [6.45, 7) is 4.14. The predicted octanol–water partition coefficient (Wildman–Crippen LogP) is 0.959. The van der Waals surface area contributed by atoms with Crippen molar-refractivity contribution in [2.45, 2.75) is 25.8 Å². The molecule has 0 spiro atoms. The van der Waals surface area contributed by atoms with Gasteiger partial charge in [0.15, 0.2) is 0 Å². The molecule has 2 N–H and O–H groups in total. The third-order valence-corrected chi connectivity index (χ3v) is 4.02. The van der Waals surface area contributed by atoms with Crippen LogP contribution in [0.1, 0.15) is 18.5 Å². The highest BCUT2D eigenvalue weighted by molar-refractivity contribution is 5.40. The monoisotopic (exact) mass is 218 g/mol. The van der Waals surface area contributed by atoms with E-state index in [-0.39, 0.29) is 0 Å². The van der Waals surface area contributed by atoms with Crippen molar-refractivity contribution >= 4 is 5.82 Å². The van der Waals surface area contributed by atoms with Gasteiger partial charge in [-0.3, -0.25) is 0 Å². The Hall–Kier alpha value is -1.16. The minimum atomic E-state index is 0.416. The summed E-state index contributed by atoms with van der Waals surface area (Å²) in [5, 5.41) is 0. The van der Waals surface area contributed by atoms with Gasteiger partial charge in [0.25, 0.3) is 0 Å². The van der Waals surface area contributed by atoms with Crippen LogP contribution < -0.4 is 10.6 Å². The van der Waals surface area contributed by atoms with Gasteiger partial charge in [-0.25, -0.2) is 9.97 Å². The topological polar surface area (TPSA) is 55.0 Å². The van der Waals surface area contributed by atoms with E-state index in [4.69, 9.17) is 5.73 Å². The lowest BCUT2D eigenvalue weighted by molar-refractivity contribution is 0.355. The fourth-order valence-electron chi connectivity index (χ4n) is 3.07. The summed E-state index contributed by atoms with van der Waals surface area (Å²) in [5.74, 6) is 2.39. The number of rotatable bonds is 1. The lowest BCUT2D eigenvalue weighted by atomic mass is 9.93. The first-order chi connectivity index (χ1) is 7.74. The number of aromatic nitrogens is 2. The fraction of sp³-hybridized carbons (Fsp3) is 0.667. The van der Waals surface area contributed by atoms with E-state index in [0.29, 0.717) is 17.9 Å². The smallest absolute Gasteiger partial charge is 0.132 e. The second-order valence-electron chi connectivity index (χ2n) is 5.10. The Morgan fingerprint density at radius 1 is 1.25 bits per heavy atom. The Morgan fingerprint density at radius 2 is 1.94 bits per heavy atom. The van der Waals surface area contributed by atoms with Crippen LogP contribution in [0.3, 0.4) is 0 Å². The average Bonchev–Trinajstić information content (AvgIpc) is 2.53. The number of hydrogen-bond acceptors (Lipinski definition) is 4. The molecular weight excluding hydrogens is 200 g/mol. The summed E-state index contributed by atoms with van der Waals surface area (Å²) in [5.41, 5.74) is 7.23. The van der Waals surface area contributed by atoms with Crippen molar-refractivity contribution < 1.29 is 0 Å². The molecule has 3 rings (SSSR count). The molecule has 4 nitrogen and oxygen atoms in total. The minimum absolute atomic E-state index is 0.416. The summed E-state index contributed by atoms with van der Waals surface area (Å²) in [6.07, 6.45) is 4.22. The van der Waals surface area contributed by atoms with Gasteiger partial charge in [0.05, 0.1) is 0 Å². The van der Waals surface area contributed by atoms with Crippen molar-refractivity contribution in [2.75, 3.05) is 18.0 Å². The summed E-state index contributed by atoms with van der Waals surface area (Å²) >= 11 is 0. The molecule has 16 heavy (non-hydrogen) atoms. The summed E-state index contributed by atoms with van der Waals surface area (Å²) in [6, 6.07) is 2.48. The molecule has 2 bridgehead atoms. The van der Waals surface area contributed by atoms with E-state index in [2.05, 4.69) is 20.9 Å². The van der Waals surface area contributed by atoms with Gasteiger partial charge < -0.3 is 10.6 Å². The Balaban J connectivity index is 1.83. The highest BCUT2D eigenvalue weighted by atomic mass is 15.2. The molecule has 2 aliphatic rings. The molecule has 0 amide bonds. The SMILES string of the molecule is Cc1cc(N2CC3CC[C@@H](C2)C3N)ncn1.